The summed E-state index contributed by atoms with van der Waals surface area (Å²) in [5.74, 6) is -1.01. The highest BCUT2D eigenvalue weighted by molar-refractivity contribution is 5.91. The predicted octanol–water partition coefficient (Wildman–Crippen LogP) is 1.37. The number of carbonyl (C=O) groups excluding carboxylic acids is 2. The van der Waals surface area contributed by atoms with Crippen LogP contribution in [-0.4, -0.2) is 34.8 Å². The normalized spacial score (nSPS) is 9.91. The Balaban J connectivity index is 1.90. The third kappa shape index (κ3) is 4.41. The number of nitriles is 1. The van der Waals surface area contributed by atoms with Crippen LogP contribution in [0, 0.1) is 18.3 Å². The highest BCUT2D eigenvalue weighted by atomic mass is 16.5. The third-order valence-corrected chi connectivity index (χ3v) is 3.07. The van der Waals surface area contributed by atoms with Crippen LogP contribution in [0.1, 0.15) is 22.5 Å². The topological polar surface area (TPSA) is 97.0 Å². The standard InChI is InChI=1S/C16H16N4O3/c1-12-7-10-19-20(12)14-5-3-13(4-6-14)16(22)23-11-15(21)18-9-2-8-17/h3-7,10H,2,9,11H2,1H3,(H,18,21). The molecule has 7 nitrogen and oxygen atoms in total. The van der Waals surface area contributed by atoms with Crippen LogP contribution < -0.4 is 5.32 Å². The number of hydrogen-bond acceptors (Lipinski definition) is 5. The molecule has 1 N–H and O–H groups in total. The molecule has 0 saturated carbocycles. The Morgan fingerprint density at radius 3 is 2.65 bits per heavy atom. The largest absolute Gasteiger partial charge is 0.452 e. The zero-order chi connectivity index (χ0) is 16.7. The smallest absolute Gasteiger partial charge is 0.338 e. The van der Waals surface area contributed by atoms with E-state index in [1.54, 1.807) is 35.1 Å². The SMILES string of the molecule is Cc1ccnn1-c1ccc(C(=O)OCC(=O)NCCC#N)cc1. The van der Waals surface area contributed by atoms with Crippen molar-refractivity contribution in [1.29, 1.82) is 5.26 Å². The molecular weight excluding hydrogens is 296 g/mol. The average Bonchev–Trinajstić information content (AvgIpc) is 2.99. The number of benzene rings is 1. The van der Waals surface area contributed by atoms with Crippen molar-refractivity contribution in [3.63, 3.8) is 0 Å². The van der Waals surface area contributed by atoms with Crippen LogP contribution in [0.2, 0.25) is 0 Å². The monoisotopic (exact) mass is 312 g/mol. The number of amides is 1. The van der Waals surface area contributed by atoms with Crippen LogP contribution in [0.15, 0.2) is 36.5 Å². The van der Waals surface area contributed by atoms with Gasteiger partial charge in [0.15, 0.2) is 6.61 Å². The molecular formula is C16H16N4O3. The predicted molar refractivity (Wildman–Crippen MR) is 81.8 cm³/mol. The Hall–Kier alpha value is -3.14. The lowest BCUT2D eigenvalue weighted by Crippen LogP contribution is -2.29. The van der Waals surface area contributed by atoms with Gasteiger partial charge in [-0.25, -0.2) is 9.48 Å². The number of hydrogen-bond donors (Lipinski definition) is 1. The lowest BCUT2D eigenvalue weighted by molar-refractivity contribution is -0.124. The van der Waals surface area contributed by atoms with Crippen molar-refractivity contribution in [2.24, 2.45) is 0 Å². The van der Waals surface area contributed by atoms with E-state index in [0.29, 0.717) is 5.56 Å². The molecule has 0 fully saturated rings. The highest BCUT2D eigenvalue weighted by Crippen LogP contribution is 2.12. The van der Waals surface area contributed by atoms with Crippen LogP contribution in [0.5, 0.6) is 0 Å². The second kappa shape index (κ2) is 7.75. The lowest BCUT2D eigenvalue weighted by atomic mass is 10.2. The summed E-state index contributed by atoms with van der Waals surface area (Å²) in [5, 5.41) is 15.0. The van der Waals surface area contributed by atoms with Crippen LogP contribution in [0.4, 0.5) is 0 Å². The number of aryl methyl sites for hydroxylation is 1. The minimum atomic E-state index is -0.579. The van der Waals surface area contributed by atoms with Gasteiger partial charge in [-0.1, -0.05) is 0 Å². The summed E-state index contributed by atoms with van der Waals surface area (Å²) in [4.78, 5) is 23.3. The van der Waals surface area contributed by atoms with Gasteiger partial charge in [-0.2, -0.15) is 10.4 Å². The highest BCUT2D eigenvalue weighted by Gasteiger charge is 2.10. The van der Waals surface area contributed by atoms with Gasteiger partial charge in [0.1, 0.15) is 0 Å². The van der Waals surface area contributed by atoms with Gasteiger partial charge >= 0.3 is 5.97 Å². The summed E-state index contributed by atoms with van der Waals surface area (Å²) in [7, 11) is 0. The van der Waals surface area contributed by atoms with Crippen molar-refractivity contribution in [1.82, 2.24) is 15.1 Å². The molecule has 0 unspecified atom stereocenters. The Bertz CT molecular complexity index is 729. The number of rotatable bonds is 6. The van der Waals surface area contributed by atoms with E-state index in [2.05, 4.69) is 10.4 Å². The van der Waals surface area contributed by atoms with E-state index >= 15 is 0 Å². The molecule has 2 rings (SSSR count). The molecule has 1 aromatic carbocycles. The van der Waals surface area contributed by atoms with Crippen LogP contribution in [0.3, 0.4) is 0 Å². The maximum atomic E-state index is 11.9. The molecule has 1 heterocycles. The van der Waals surface area contributed by atoms with Gasteiger partial charge in [-0.3, -0.25) is 4.79 Å². The number of esters is 1. The summed E-state index contributed by atoms with van der Waals surface area (Å²) < 4.78 is 6.67. The van der Waals surface area contributed by atoms with E-state index in [9.17, 15) is 9.59 Å². The molecule has 0 saturated heterocycles. The van der Waals surface area contributed by atoms with Crippen molar-refractivity contribution in [2.45, 2.75) is 13.3 Å². The van der Waals surface area contributed by atoms with E-state index < -0.39 is 11.9 Å². The summed E-state index contributed by atoms with van der Waals surface area (Å²) >= 11 is 0. The molecule has 2 aromatic rings. The Labute approximate surface area is 133 Å². The van der Waals surface area contributed by atoms with Gasteiger partial charge in [0.05, 0.1) is 23.7 Å². The first-order valence-corrected chi connectivity index (χ1v) is 7.03. The molecule has 0 radical (unpaired) electrons. The third-order valence-electron chi connectivity index (χ3n) is 3.07. The minimum absolute atomic E-state index is 0.216. The van der Waals surface area contributed by atoms with Crippen molar-refractivity contribution >= 4 is 11.9 Å². The zero-order valence-corrected chi connectivity index (χ0v) is 12.7. The van der Waals surface area contributed by atoms with E-state index in [0.717, 1.165) is 11.4 Å². The second-order valence-corrected chi connectivity index (χ2v) is 4.77. The van der Waals surface area contributed by atoms with Gasteiger partial charge < -0.3 is 10.1 Å². The molecule has 0 bridgehead atoms. The fourth-order valence-electron chi connectivity index (χ4n) is 1.90. The quantitative estimate of drug-likeness (QED) is 0.642. The van der Waals surface area contributed by atoms with Gasteiger partial charge in [0.25, 0.3) is 5.91 Å². The molecule has 0 aliphatic carbocycles. The van der Waals surface area contributed by atoms with Gasteiger partial charge in [0.2, 0.25) is 0 Å². The zero-order valence-electron chi connectivity index (χ0n) is 12.7. The number of aromatic nitrogens is 2. The maximum absolute atomic E-state index is 11.9. The van der Waals surface area contributed by atoms with Crippen molar-refractivity contribution in [2.75, 3.05) is 13.2 Å². The number of nitrogens with one attached hydrogen (secondary N) is 1. The summed E-state index contributed by atoms with van der Waals surface area (Å²) in [6.07, 6.45) is 1.91. The first-order chi connectivity index (χ1) is 11.1. The van der Waals surface area contributed by atoms with Crippen LogP contribution in [0.25, 0.3) is 5.69 Å². The lowest BCUT2D eigenvalue weighted by Gasteiger charge is -2.07. The maximum Gasteiger partial charge on any atom is 0.338 e. The first-order valence-electron chi connectivity index (χ1n) is 7.03. The number of ether oxygens (including phenoxy) is 1. The number of nitrogens with zero attached hydrogens (tertiary/aromatic N) is 3. The Morgan fingerprint density at radius 1 is 1.30 bits per heavy atom. The van der Waals surface area contributed by atoms with E-state index in [1.807, 2.05) is 19.1 Å². The molecule has 1 aromatic heterocycles. The number of carbonyl (C=O) groups is 2. The molecule has 0 aliphatic heterocycles. The summed E-state index contributed by atoms with van der Waals surface area (Å²) in [5.41, 5.74) is 2.16. The van der Waals surface area contributed by atoms with Crippen molar-refractivity contribution in [3.8, 4) is 11.8 Å². The molecule has 7 heteroatoms. The average molecular weight is 312 g/mol. The molecule has 1 amide bonds. The Morgan fingerprint density at radius 2 is 2.04 bits per heavy atom. The summed E-state index contributed by atoms with van der Waals surface area (Å²) in [6.45, 7) is 1.80. The van der Waals surface area contributed by atoms with Crippen LogP contribution >= 0.6 is 0 Å². The molecule has 23 heavy (non-hydrogen) atoms. The van der Waals surface area contributed by atoms with Crippen molar-refractivity contribution in [3.05, 3.63) is 47.8 Å². The summed E-state index contributed by atoms with van der Waals surface area (Å²) in [6, 6.07) is 10.5. The fraction of sp³-hybridized carbons (Fsp3) is 0.250. The minimum Gasteiger partial charge on any atom is -0.452 e. The van der Waals surface area contributed by atoms with E-state index in [-0.39, 0.29) is 19.6 Å². The molecule has 118 valence electrons. The van der Waals surface area contributed by atoms with Crippen LogP contribution in [-0.2, 0) is 9.53 Å². The molecule has 0 aliphatic rings. The van der Waals surface area contributed by atoms with E-state index in [1.165, 1.54) is 0 Å². The molecule has 0 spiro atoms. The molecule has 0 atom stereocenters. The van der Waals surface area contributed by atoms with Crippen molar-refractivity contribution < 1.29 is 14.3 Å². The first kappa shape index (κ1) is 16.2. The van der Waals surface area contributed by atoms with Gasteiger partial charge in [0, 0.05) is 18.4 Å². The second-order valence-electron chi connectivity index (χ2n) is 4.77. The van der Waals surface area contributed by atoms with E-state index in [4.69, 9.17) is 10.00 Å². The van der Waals surface area contributed by atoms with Gasteiger partial charge in [-0.05, 0) is 37.3 Å². The fourth-order valence-corrected chi connectivity index (χ4v) is 1.90. The Kier molecular flexibility index (Phi) is 5.47. The van der Waals surface area contributed by atoms with Gasteiger partial charge in [-0.15, -0.1) is 0 Å².